The van der Waals surface area contributed by atoms with Crippen LogP contribution < -0.4 is 4.90 Å². The van der Waals surface area contributed by atoms with Gasteiger partial charge in [0.25, 0.3) is 5.92 Å². The molecule has 1 aliphatic heterocycles. The van der Waals surface area contributed by atoms with Gasteiger partial charge in [0.1, 0.15) is 6.07 Å². The number of carbonyl (C=O) groups excluding carboxylic acids is 1. The van der Waals surface area contributed by atoms with E-state index < -0.39 is 11.3 Å². The molecule has 2 heterocycles. The maximum absolute atomic E-state index is 13.6. The first kappa shape index (κ1) is 20.2. The van der Waals surface area contributed by atoms with Crippen molar-refractivity contribution in [1.82, 2.24) is 15.1 Å². The first-order chi connectivity index (χ1) is 14.2. The smallest absolute Gasteiger partial charge is 0.258 e. The number of amides is 1. The van der Waals surface area contributed by atoms with Crippen LogP contribution in [0.15, 0.2) is 36.4 Å². The average Bonchev–Trinajstić information content (AvgIpc) is 3.27. The third kappa shape index (κ3) is 3.60. The summed E-state index contributed by atoms with van der Waals surface area (Å²) in [6.07, 6.45) is 0.126. The lowest BCUT2D eigenvalue weighted by molar-refractivity contribution is -0.131. The summed E-state index contributed by atoms with van der Waals surface area (Å²) in [5, 5.41) is 16.8. The Morgan fingerprint density at radius 2 is 1.90 bits per heavy atom. The standard InChI is InChI=1S/C22H23F2N5O/c1-15-13-28(9-10-29(15)19-8-7-18(12-25)26-27-19)20(30)11-16-3-5-17(6-4-16)21(2)14-22(21,23)24/h3-8,15H,9-11,13-14H2,1-2H3/t15-,21?/m1/s1. The summed E-state index contributed by atoms with van der Waals surface area (Å²) in [6, 6.07) is 12.4. The minimum Gasteiger partial charge on any atom is -0.349 e. The van der Waals surface area contributed by atoms with Crippen LogP contribution in [0.5, 0.6) is 0 Å². The molecule has 1 aromatic heterocycles. The van der Waals surface area contributed by atoms with E-state index in [1.165, 1.54) is 0 Å². The van der Waals surface area contributed by atoms with Gasteiger partial charge in [0, 0.05) is 32.1 Å². The van der Waals surface area contributed by atoms with Crippen molar-refractivity contribution in [2.75, 3.05) is 24.5 Å². The van der Waals surface area contributed by atoms with Crippen molar-refractivity contribution in [2.24, 2.45) is 0 Å². The summed E-state index contributed by atoms with van der Waals surface area (Å²) in [5.74, 6) is -1.93. The lowest BCUT2D eigenvalue weighted by Crippen LogP contribution is -2.54. The molecule has 2 aromatic rings. The summed E-state index contributed by atoms with van der Waals surface area (Å²) in [5.41, 5.74) is 0.639. The van der Waals surface area contributed by atoms with Gasteiger partial charge in [-0.2, -0.15) is 5.26 Å². The van der Waals surface area contributed by atoms with E-state index in [0.717, 1.165) is 5.56 Å². The molecule has 2 atom stereocenters. The molecule has 8 heteroatoms. The van der Waals surface area contributed by atoms with Crippen molar-refractivity contribution in [3.05, 3.63) is 53.2 Å². The quantitative estimate of drug-likeness (QED) is 0.774. The van der Waals surface area contributed by atoms with Crippen LogP contribution in [0, 0.1) is 11.3 Å². The second kappa shape index (κ2) is 7.31. The van der Waals surface area contributed by atoms with E-state index in [-0.39, 0.29) is 30.5 Å². The normalized spacial score (nSPS) is 25.0. The lowest BCUT2D eigenvalue weighted by Gasteiger charge is -2.40. The Hall–Kier alpha value is -3.08. The van der Waals surface area contributed by atoms with Gasteiger partial charge in [-0.1, -0.05) is 24.3 Å². The molecule has 2 fully saturated rings. The van der Waals surface area contributed by atoms with E-state index in [2.05, 4.69) is 15.1 Å². The van der Waals surface area contributed by atoms with Crippen molar-refractivity contribution in [1.29, 1.82) is 5.26 Å². The summed E-state index contributed by atoms with van der Waals surface area (Å²) < 4.78 is 27.1. The average molecular weight is 411 g/mol. The summed E-state index contributed by atoms with van der Waals surface area (Å²) >= 11 is 0. The summed E-state index contributed by atoms with van der Waals surface area (Å²) in [6.45, 7) is 5.34. The topological polar surface area (TPSA) is 73.1 Å². The third-order valence-electron chi connectivity index (χ3n) is 6.24. The number of benzene rings is 1. The Bertz CT molecular complexity index is 986. The minimum atomic E-state index is -2.64. The molecule has 1 amide bonds. The maximum Gasteiger partial charge on any atom is 0.258 e. The molecule has 1 saturated heterocycles. The molecular weight excluding hydrogens is 388 g/mol. The molecule has 1 aliphatic carbocycles. The number of nitriles is 1. The van der Waals surface area contributed by atoms with Crippen LogP contribution in [0.2, 0.25) is 0 Å². The molecule has 0 radical (unpaired) electrons. The molecule has 156 valence electrons. The fraction of sp³-hybridized carbons (Fsp3) is 0.455. The van der Waals surface area contributed by atoms with Gasteiger partial charge >= 0.3 is 0 Å². The fourth-order valence-electron chi connectivity index (χ4n) is 4.05. The summed E-state index contributed by atoms with van der Waals surface area (Å²) in [7, 11) is 0. The van der Waals surface area contributed by atoms with Gasteiger partial charge in [0.15, 0.2) is 11.5 Å². The van der Waals surface area contributed by atoms with Gasteiger partial charge < -0.3 is 9.80 Å². The fourth-order valence-corrected chi connectivity index (χ4v) is 4.05. The number of nitrogens with zero attached hydrogens (tertiary/aromatic N) is 5. The highest BCUT2D eigenvalue weighted by Crippen LogP contribution is 2.61. The van der Waals surface area contributed by atoms with Crippen LogP contribution in [0.25, 0.3) is 0 Å². The molecule has 2 aliphatic rings. The van der Waals surface area contributed by atoms with Gasteiger partial charge in [-0.15, -0.1) is 10.2 Å². The number of alkyl halides is 2. The number of hydrogen-bond donors (Lipinski definition) is 0. The molecule has 0 N–H and O–H groups in total. The molecule has 1 saturated carbocycles. The van der Waals surface area contributed by atoms with Gasteiger partial charge in [-0.3, -0.25) is 4.79 Å². The van der Waals surface area contributed by atoms with E-state index in [1.54, 1.807) is 43.3 Å². The van der Waals surface area contributed by atoms with E-state index >= 15 is 0 Å². The second-order valence-corrected chi connectivity index (χ2v) is 8.36. The van der Waals surface area contributed by atoms with Crippen LogP contribution in [-0.2, 0) is 16.6 Å². The van der Waals surface area contributed by atoms with Crippen molar-refractivity contribution >= 4 is 11.7 Å². The maximum atomic E-state index is 13.6. The number of rotatable bonds is 4. The van der Waals surface area contributed by atoms with Crippen LogP contribution in [0.4, 0.5) is 14.6 Å². The lowest BCUT2D eigenvalue weighted by atomic mass is 9.96. The number of carbonyl (C=O) groups is 1. The highest BCUT2D eigenvalue weighted by molar-refractivity contribution is 5.79. The zero-order chi connectivity index (χ0) is 21.5. The summed E-state index contributed by atoms with van der Waals surface area (Å²) in [4.78, 5) is 16.7. The second-order valence-electron chi connectivity index (χ2n) is 8.36. The molecule has 4 rings (SSSR count). The van der Waals surface area contributed by atoms with E-state index in [4.69, 9.17) is 5.26 Å². The number of anilines is 1. The Morgan fingerprint density at radius 3 is 2.43 bits per heavy atom. The molecule has 30 heavy (non-hydrogen) atoms. The van der Waals surface area contributed by atoms with Gasteiger partial charge in [0.2, 0.25) is 5.91 Å². The Balaban J connectivity index is 1.35. The highest BCUT2D eigenvalue weighted by Gasteiger charge is 2.68. The minimum absolute atomic E-state index is 0.0168. The number of hydrogen-bond acceptors (Lipinski definition) is 5. The van der Waals surface area contributed by atoms with Crippen LogP contribution in [0.3, 0.4) is 0 Å². The van der Waals surface area contributed by atoms with Crippen molar-refractivity contribution in [3.8, 4) is 6.07 Å². The van der Waals surface area contributed by atoms with E-state index in [9.17, 15) is 13.6 Å². The Kier molecular flexibility index (Phi) is 4.92. The van der Waals surface area contributed by atoms with E-state index in [0.29, 0.717) is 31.0 Å². The predicted molar refractivity (Wildman–Crippen MR) is 107 cm³/mol. The van der Waals surface area contributed by atoms with Crippen molar-refractivity contribution < 1.29 is 13.6 Å². The molecule has 0 bridgehead atoms. The number of piperazine rings is 1. The Morgan fingerprint density at radius 1 is 1.20 bits per heavy atom. The van der Waals surface area contributed by atoms with Crippen LogP contribution in [-0.4, -0.2) is 52.6 Å². The third-order valence-corrected chi connectivity index (χ3v) is 6.24. The monoisotopic (exact) mass is 411 g/mol. The predicted octanol–water partition coefficient (Wildman–Crippen LogP) is 2.92. The van der Waals surface area contributed by atoms with Gasteiger partial charge in [-0.25, -0.2) is 8.78 Å². The SMILES string of the molecule is C[C@@H]1CN(C(=O)Cc2ccc(C3(C)CC3(F)F)cc2)CCN1c1ccc(C#N)nn1. The Labute approximate surface area is 174 Å². The first-order valence-electron chi connectivity index (χ1n) is 9.99. The van der Waals surface area contributed by atoms with Crippen molar-refractivity contribution in [2.45, 2.75) is 44.1 Å². The van der Waals surface area contributed by atoms with Crippen molar-refractivity contribution in [3.63, 3.8) is 0 Å². The zero-order valence-electron chi connectivity index (χ0n) is 17.0. The zero-order valence-corrected chi connectivity index (χ0v) is 17.0. The highest BCUT2D eigenvalue weighted by atomic mass is 19.3. The van der Waals surface area contributed by atoms with E-state index in [1.807, 2.05) is 17.9 Å². The number of halogens is 2. The van der Waals surface area contributed by atoms with Gasteiger partial charge in [0.05, 0.1) is 11.8 Å². The molecule has 6 nitrogen and oxygen atoms in total. The molecule has 1 unspecified atom stereocenters. The van der Waals surface area contributed by atoms with Crippen LogP contribution in [0.1, 0.15) is 37.1 Å². The largest absolute Gasteiger partial charge is 0.349 e. The van der Waals surface area contributed by atoms with Crippen LogP contribution >= 0.6 is 0 Å². The first-order valence-corrected chi connectivity index (χ1v) is 9.99. The molecular formula is C22H23F2N5O. The van der Waals surface area contributed by atoms with Gasteiger partial charge in [-0.05, 0) is 37.1 Å². The molecule has 1 aromatic carbocycles. The molecule has 0 spiro atoms. The number of aromatic nitrogens is 2.